The van der Waals surface area contributed by atoms with Crippen molar-refractivity contribution < 1.29 is 17.2 Å². The van der Waals surface area contributed by atoms with Crippen molar-refractivity contribution in [3.63, 3.8) is 0 Å². The standard InChI is InChI=1S/C12H9F2NO2S/c13-8-1-6-12(11(14)7-8)18(16,17)10-4-2-9(15)3-5-10/h1-7H,15H2. The van der Waals surface area contributed by atoms with Crippen molar-refractivity contribution in [1.82, 2.24) is 0 Å². The Labute approximate surface area is 103 Å². The average molecular weight is 269 g/mol. The zero-order chi connectivity index (χ0) is 13.3. The van der Waals surface area contributed by atoms with Crippen molar-refractivity contribution >= 4 is 15.5 Å². The number of anilines is 1. The molecule has 0 saturated carbocycles. The zero-order valence-electron chi connectivity index (χ0n) is 9.10. The van der Waals surface area contributed by atoms with Crippen LogP contribution in [0.1, 0.15) is 0 Å². The van der Waals surface area contributed by atoms with Crippen LogP contribution in [0.4, 0.5) is 14.5 Å². The lowest BCUT2D eigenvalue weighted by molar-refractivity contribution is 0.549. The molecule has 0 aliphatic carbocycles. The minimum absolute atomic E-state index is 0.0952. The van der Waals surface area contributed by atoms with Crippen molar-refractivity contribution in [3.05, 3.63) is 54.1 Å². The molecule has 0 radical (unpaired) electrons. The van der Waals surface area contributed by atoms with Gasteiger partial charge in [-0.05, 0) is 36.4 Å². The highest BCUT2D eigenvalue weighted by molar-refractivity contribution is 7.91. The number of hydrogen-bond acceptors (Lipinski definition) is 3. The maximum Gasteiger partial charge on any atom is 0.209 e. The lowest BCUT2D eigenvalue weighted by Gasteiger charge is -2.06. The van der Waals surface area contributed by atoms with Crippen LogP contribution < -0.4 is 5.73 Å². The molecule has 2 N–H and O–H groups in total. The molecule has 0 aliphatic rings. The van der Waals surface area contributed by atoms with Crippen LogP contribution in [0.15, 0.2) is 52.3 Å². The number of nitrogen functional groups attached to an aromatic ring is 1. The largest absolute Gasteiger partial charge is 0.399 e. The third-order valence-corrected chi connectivity index (χ3v) is 4.18. The second kappa shape index (κ2) is 4.38. The smallest absolute Gasteiger partial charge is 0.209 e. The average Bonchev–Trinajstić information content (AvgIpc) is 2.29. The summed E-state index contributed by atoms with van der Waals surface area (Å²) < 4.78 is 50.4. The van der Waals surface area contributed by atoms with Crippen molar-refractivity contribution in [3.8, 4) is 0 Å². The Morgan fingerprint density at radius 3 is 2.11 bits per heavy atom. The third-order valence-electron chi connectivity index (χ3n) is 2.37. The Bertz CT molecular complexity index is 682. The van der Waals surface area contributed by atoms with Gasteiger partial charge in [-0.25, -0.2) is 17.2 Å². The summed E-state index contributed by atoms with van der Waals surface area (Å²) in [6, 6.07) is 7.66. The van der Waals surface area contributed by atoms with Crippen LogP contribution in [0.25, 0.3) is 0 Å². The fourth-order valence-electron chi connectivity index (χ4n) is 1.47. The van der Waals surface area contributed by atoms with Gasteiger partial charge in [-0.1, -0.05) is 0 Å². The van der Waals surface area contributed by atoms with Crippen LogP contribution in [-0.2, 0) is 9.84 Å². The number of hydrogen-bond donors (Lipinski definition) is 1. The molecular formula is C12H9F2NO2S. The van der Waals surface area contributed by atoms with E-state index in [1.807, 2.05) is 0 Å². The third kappa shape index (κ3) is 2.19. The summed E-state index contributed by atoms with van der Waals surface area (Å²) in [7, 11) is -4.00. The predicted molar refractivity (Wildman–Crippen MR) is 62.7 cm³/mol. The predicted octanol–water partition coefficient (Wildman–Crippen LogP) is 2.38. The first-order chi connectivity index (χ1) is 8.41. The summed E-state index contributed by atoms with van der Waals surface area (Å²) >= 11 is 0. The van der Waals surface area contributed by atoms with Gasteiger partial charge in [0, 0.05) is 11.8 Å². The topological polar surface area (TPSA) is 60.2 Å². The van der Waals surface area contributed by atoms with E-state index in [0.29, 0.717) is 11.8 Å². The van der Waals surface area contributed by atoms with Gasteiger partial charge < -0.3 is 5.73 Å². The molecule has 3 nitrogen and oxygen atoms in total. The van der Waals surface area contributed by atoms with Crippen LogP contribution in [0, 0.1) is 11.6 Å². The summed E-state index contributed by atoms with van der Waals surface area (Å²) in [6.07, 6.45) is 0. The SMILES string of the molecule is Nc1ccc(S(=O)(=O)c2ccc(F)cc2F)cc1. The Morgan fingerprint density at radius 2 is 1.56 bits per heavy atom. The van der Waals surface area contributed by atoms with Crippen LogP contribution >= 0.6 is 0 Å². The molecule has 94 valence electrons. The number of benzene rings is 2. The van der Waals surface area contributed by atoms with E-state index >= 15 is 0 Å². The first-order valence-corrected chi connectivity index (χ1v) is 6.45. The van der Waals surface area contributed by atoms with Gasteiger partial charge in [-0.15, -0.1) is 0 Å². The molecule has 2 aromatic rings. The van der Waals surface area contributed by atoms with Crippen LogP contribution in [0.2, 0.25) is 0 Å². The Balaban J connectivity index is 2.58. The molecule has 0 atom stereocenters. The van der Waals surface area contributed by atoms with E-state index in [9.17, 15) is 17.2 Å². The lowest BCUT2D eigenvalue weighted by atomic mass is 10.3. The Kier molecular flexibility index (Phi) is 3.04. The minimum Gasteiger partial charge on any atom is -0.399 e. The van der Waals surface area contributed by atoms with Crippen molar-refractivity contribution in [2.24, 2.45) is 0 Å². The maximum absolute atomic E-state index is 13.5. The number of halogens is 2. The first-order valence-electron chi connectivity index (χ1n) is 4.97. The lowest BCUT2D eigenvalue weighted by Crippen LogP contribution is -2.05. The summed E-state index contributed by atoms with van der Waals surface area (Å²) in [6.45, 7) is 0. The zero-order valence-corrected chi connectivity index (χ0v) is 9.92. The first kappa shape index (κ1) is 12.5. The Morgan fingerprint density at radius 1 is 0.944 bits per heavy atom. The molecule has 6 heteroatoms. The highest BCUT2D eigenvalue weighted by Gasteiger charge is 2.21. The Hall–Kier alpha value is -1.95. The molecule has 2 rings (SSSR count). The normalized spacial score (nSPS) is 11.4. The molecule has 0 unspecified atom stereocenters. The molecule has 18 heavy (non-hydrogen) atoms. The summed E-state index contributed by atoms with van der Waals surface area (Å²) in [5.74, 6) is -1.95. The van der Waals surface area contributed by atoms with E-state index in [2.05, 4.69) is 0 Å². The van der Waals surface area contributed by atoms with Crippen LogP contribution in [0.5, 0.6) is 0 Å². The molecule has 0 spiro atoms. The number of nitrogens with two attached hydrogens (primary N) is 1. The monoisotopic (exact) mass is 269 g/mol. The van der Waals surface area contributed by atoms with Gasteiger partial charge >= 0.3 is 0 Å². The van der Waals surface area contributed by atoms with Gasteiger partial charge in [-0.3, -0.25) is 0 Å². The number of sulfone groups is 1. The van der Waals surface area contributed by atoms with Crippen molar-refractivity contribution in [2.75, 3.05) is 5.73 Å². The van der Waals surface area contributed by atoms with Gasteiger partial charge in [0.05, 0.1) is 4.90 Å². The molecule has 0 heterocycles. The van der Waals surface area contributed by atoms with E-state index in [-0.39, 0.29) is 4.90 Å². The highest BCUT2D eigenvalue weighted by Crippen LogP contribution is 2.24. The van der Waals surface area contributed by atoms with Gasteiger partial charge in [0.1, 0.15) is 16.5 Å². The molecular weight excluding hydrogens is 260 g/mol. The summed E-state index contributed by atoms with van der Waals surface area (Å²) in [4.78, 5) is -0.657. The minimum atomic E-state index is -4.00. The second-order valence-electron chi connectivity index (χ2n) is 3.65. The van der Waals surface area contributed by atoms with Gasteiger partial charge in [0.2, 0.25) is 9.84 Å². The van der Waals surface area contributed by atoms with Crippen molar-refractivity contribution in [2.45, 2.75) is 9.79 Å². The van der Waals surface area contributed by atoms with E-state index < -0.39 is 26.4 Å². The molecule has 0 aromatic heterocycles. The quantitative estimate of drug-likeness (QED) is 0.672. The molecule has 0 bridgehead atoms. The van der Waals surface area contributed by atoms with E-state index in [4.69, 9.17) is 5.73 Å². The van der Waals surface area contributed by atoms with E-state index in [1.165, 1.54) is 24.3 Å². The molecule has 0 saturated heterocycles. The van der Waals surface area contributed by atoms with Gasteiger partial charge in [0.15, 0.2) is 0 Å². The highest BCUT2D eigenvalue weighted by atomic mass is 32.2. The van der Waals surface area contributed by atoms with Crippen LogP contribution in [0.3, 0.4) is 0 Å². The molecule has 0 aliphatic heterocycles. The van der Waals surface area contributed by atoms with Gasteiger partial charge in [0.25, 0.3) is 0 Å². The fraction of sp³-hybridized carbons (Fsp3) is 0. The molecule has 0 amide bonds. The maximum atomic E-state index is 13.5. The van der Waals surface area contributed by atoms with E-state index in [1.54, 1.807) is 0 Å². The van der Waals surface area contributed by atoms with E-state index in [0.717, 1.165) is 12.1 Å². The van der Waals surface area contributed by atoms with Gasteiger partial charge in [-0.2, -0.15) is 0 Å². The second-order valence-corrected chi connectivity index (χ2v) is 5.57. The molecule has 2 aromatic carbocycles. The number of rotatable bonds is 2. The molecule has 0 fully saturated rings. The fourth-order valence-corrected chi connectivity index (χ4v) is 2.78. The van der Waals surface area contributed by atoms with Crippen molar-refractivity contribution in [1.29, 1.82) is 0 Å². The summed E-state index contributed by atoms with van der Waals surface area (Å²) in [5, 5.41) is 0. The van der Waals surface area contributed by atoms with Crippen LogP contribution in [-0.4, -0.2) is 8.42 Å². The summed E-state index contributed by atoms with van der Waals surface area (Å²) in [5.41, 5.74) is 5.84.